The highest BCUT2D eigenvalue weighted by molar-refractivity contribution is 6.07. The Labute approximate surface area is 197 Å². The van der Waals surface area contributed by atoms with Crippen LogP contribution in [0.2, 0.25) is 0 Å². The van der Waals surface area contributed by atoms with Crippen molar-refractivity contribution in [3.8, 4) is 5.75 Å². The highest BCUT2D eigenvalue weighted by atomic mass is 16.5. The molecule has 0 amide bonds. The minimum absolute atomic E-state index is 0.981. The molecule has 0 radical (unpaired) electrons. The Balaban J connectivity index is 1.06. The topological polar surface area (TPSA) is 20.6 Å². The van der Waals surface area contributed by atoms with Crippen molar-refractivity contribution in [2.45, 2.75) is 32.2 Å². The number of para-hydroxylation sites is 4. The molecule has 0 aliphatic carbocycles. The van der Waals surface area contributed by atoms with Gasteiger partial charge in [-0.2, -0.15) is 0 Å². The van der Waals surface area contributed by atoms with Crippen LogP contribution in [0.3, 0.4) is 0 Å². The molecule has 1 aliphatic heterocycles. The van der Waals surface area contributed by atoms with Gasteiger partial charge in [0.15, 0.2) is 0 Å². The van der Waals surface area contributed by atoms with Crippen molar-refractivity contribution >= 4 is 27.5 Å². The summed E-state index contributed by atoms with van der Waals surface area (Å²) in [4.78, 5) is 5.08. The van der Waals surface area contributed by atoms with E-state index >= 15 is 0 Å². The van der Waals surface area contributed by atoms with Crippen molar-refractivity contribution in [1.82, 2.24) is 9.47 Å². The minimum Gasteiger partial charge on any atom is -0.495 e. The van der Waals surface area contributed by atoms with Crippen LogP contribution in [0.4, 0.5) is 5.69 Å². The van der Waals surface area contributed by atoms with Crippen LogP contribution in [0.1, 0.15) is 25.7 Å². The number of hydrogen-bond acceptors (Lipinski definition) is 3. The lowest BCUT2D eigenvalue weighted by atomic mass is 10.1. The van der Waals surface area contributed by atoms with Crippen LogP contribution in [0.15, 0.2) is 72.8 Å². The Morgan fingerprint density at radius 1 is 0.636 bits per heavy atom. The molecule has 0 saturated carbocycles. The number of aryl methyl sites for hydroxylation is 1. The maximum Gasteiger partial charge on any atom is 0.142 e. The van der Waals surface area contributed by atoms with Crippen molar-refractivity contribution in [3.05, 3.63) is 72.8 Å². The minimum atomic E-state index is 0.981. The van der Waals surface area contributed by atoms with E-state index in [1.807, 2.05) is 6.07 Å². The number of benzene rings is 3. The molecule has 1 aromatic heterocycles. The second-order valence-electron chi connectivity index (χ2n) is 9.10. The lowest BCUT2D eigenvalue weighted by molar-refractivity contribution is 0.251. The zero-order valence-electron chi connectivity index (χ0n) is 19.7. The second kappa shape index (κ2) is 10.3. The van der Waals surface area contributed by atoms with Gasteiger partial charge in [0.1, 0.15) is 5.75 Å². The van der Waals surface area contributed by atoms with Crippen molar-refractivity contribution in [1.29, 1.82) is 0 Å². The summed E-state index contributed by atoms with van der Waals surface area (Å²) in [6, 6.07) is 26.0. The largest absolute Gasteiger partial charge is 0.495 e. The first kappa shape index (κ1) is 21.8. The first-order chi connectivity index (χ1) is 16.3. The summed E-state index contributed by atoms with van der Waals surface area (Å²) in [6.07, 6.45) is 5.14. The van der Waals surface area contributed by atoms with Crippen LogP contribution in [0.5, 0.6) is 5.75 Å². The molecule has 1 aliphatic rings. The predicted octanol–water partition coefficient (Wildman–Crippen LogP) is 6.19. The Kier molecular flexibility index (Phi) is 6.82. The number of methoxy groups -OCH3 is 1. The highest BCUT2D eigenvalue weighted by Crippen LogP contribution is 2.30. The third kappa shape index (κ3) is 4.72. The summed E-state index contributed by atoms with van der Waals surface area (Å²) >= 11 is 0. The molecule has 0 bridgehead atoms. The normalized spacial score (nSPS) is 14.9. The summed E-state index contributed by atoms with van der Waals surface area (Å²) in [5.41, 5.74) is 3.96. The number of rotatable bonds is 9. The lowest BCUT2D eigenvalue weighted by Gasteiger charge is -2.36. The Hall–Kier alpha value is -2.98. The van der Waals surface area contributed by atoms with E-state index in [2.05, 4.69) is 81.1 Å². The van der Waals surface area contributed by atoms with Gasteiger partial charge >= 0.3 is 0 Å². The molecule has 0 spiro atoms. The maximum atomic E-state index is 5.54. The SMILES string of the molecule is COc1ccccc1N1CCN(CCCCCCn2c3ccccc3c3ccccc32)CC1. The maximum absolute atomic E-state index is 5.54. The second-order valence-corrected chi connectivity index (χ2v) is 9.10. The summed E-state index contributed by atoms with van der Waals surface area (Å²) < 4.78 is 8.06. The van der Waals surface area contributed by atoms with Gasteiger partial charge in [-0.1, -0.05) is 61.4 Å². The number of aromatic nitrogens is 1. The molecule has 1 fully saturated rings. The molecular formula is C29H35N3O. The molecule has 0 atom stereocenters. The zero-order chi connectivity index (χ0) is 22.5. The average molecular weight is 442 g/mol. The van der Waals surface area contributed by atoms with Crippen LogP contribution in [-0.4, -0.2) is 49.3 Å². The third-order valence-electron chi connectivity index (χ3n) is 7.08. The van der Waals surface area contributed by atoms with Crippen LogP contribution in [0, 0.1) is 0 Å². The summed E-state index contributed by atoms with van der Waals surface area (Å²) in [6.45, 7) is 6.75. The van der Waals surface area contributed by atoms with E-state index in [4.69, 9.17) is 4.74 Å². The fourth-order valence-corrected chi connectivity index (χ4v) is 5.31. The van der Waals surface area contributed by atoms with Gasteiger partial charge in [-0.05, 0) is 43.7 Å². The van der Waals surface area contributed by atoms with Gasteiger partial charge < -0.3 is 14.2 Å². The number of fused-ring (bicyclic) bond motifs is 3. The van der Waals surface area contributed by atoms with Crippen molar-refractivity contribution < 1.29 is 4.74 Å². The molecular weight excluding hydrogens is 406 g/mol. The fourth-order valence-electron chi connectivity index (χ4n) is 5.31. The molecule has 5 rings (SSSR count). The molecule has 4 aromatic rings. The van der Waals surface area contributed by atoms with Gasteiger partial charge in [-0.3, -0.25) is 4.90 Å². The van der Waals surface area contributed by atoms with Crippen LogP contribution in [0.25, 0.3) is 21.8 Å². The monoisotopic (exact) mass is 441 g/mol. The Morgan fingerprint density at radius 3 is 1.88 bits per heavy atom. The first-order valence-corrected chi connectivity index (χ1v) is 12.4. The number of hydrogen-bond donors (Lipinski definition) is 0. The van der Waals surface area contributed by atoms with Crippen molar-refractivity contribution in [2.75, 3.05) is 44.7 Å². The van der Waals surface area contributed by atoms with Crippen LogP contribution < -0.4 is 9.64 Å². The zero-order valence-corrected chi connectivity index (χ0v) is 19.7. The van der Waals surface area contributed by atoms with Gasteiger partial charge in [-0.25, -0.2) is 0 Å². The molecule has 172 valence electrons. The Bertz CT molecular complexity index is 1140. The number of piperazine rings is 1. The number of ether oxygens (including phenoxy) is 1. The number of unbranched alkanes of at least 4 members (excludes halogenated alkanes) is 3. The van der Waals surface area contributed by atoms with Crippen molar-refractivity contribution in [3.63, 3.8) is 0 Å². The lowest BCUT2D eigenvalue weighted by Crippen LogP contribution is -2.46. The van der Waals surface area contributed by atoms with Gasteiger partial charge in [0, 0.05) is 54.5 Å². The number of anilines is 1. The van der Waals surface area contributed by atoms with E-state index in [0.717, 1.165) is 38.5 Å². The first-order valence-electron chi connectivity index (χ1n) is 12.4. The summed E-state index contributed by atoms with van der Waals surface area (Å²) in [5.74, 6) is 0.981. The van der Waals surface area contributed by atoms with Gasteiger partial charge in [0.05, 0.1) is 12.8 Å². The molecule has 4 nitrogen and oxygen atoms in total. The molecule has 1 saturated heterocycles. The number of nitrogens with zero attached hydrogens (tertiary/aromatic N) is 3. The van der Waals surface area contributed by atoms with E-state index in [1.165, 1.54) is 59.7 Å². The predicted molar refractivity (Wildman–Crippen MR) is 140 cm³/mol. The third-order valence-corrected chi connectivity index (χ3v) is 7.08. The van der Waals surface area contributed by atoms with Crippen molar-refractivity contribution in [2.24, 2.45) is 0 Å². The van der Waals surface area contributed by atoms with E-state index in [-0.39, 0.29) is 0 Å². The fraction of sp³-hybridized carbons (Fsp3) is 0.379. The molecule has 3 aromatic carbocycles. The summed E-state index contributed by atoms with van der Waals surface area (Å²) in [7, 11) is 1.76. The van der Waals surface area contributed by atoms with Gasteiger partial charge in [0.25, 0.3) is 0 Å². The van der Waals surface area contributed by atoms with E-state index in [9.17, 15) is 0 Å². The van der Waals surface area contributed by atoms with Gasteiger partial charge in [0.2, 0.25) is 0 Å². The van der Waals surface area contributed by atoms with E-state index in [1.54, 1.807) is 7.11 Å². The van der Waals surface area contributed by atoms with E-state index in [0.29, 0.717) is 0 Å². The average Bonchev–Trinajstić information content (AvgIpc) is 3.20. The summed E-state index contributed by atoms with van der Waals surface area (Å²) in [5, 5.41) is 2.75. The smallest absolute Gasteiger partial charge is 0.142 e. The quantitative estimate of drug-likeness (QED) is 0.289. The molecule has 0 unspecified atom stereocenters. The molecule has 2 heterocycles. The molecule has 4 heteroatoms. The van der Waals surface area contributed by atoms with E-state index < -0.39 is 0 Å². The molecule has 33 heavy (non-hydrogen) atoms. The molecule has 0 N–H and O–H groups in total. The highest BCUT2D eigenvalue weighted by Gasteiger charge is 2.19. The van der Waals surface area contributed by atoms with Crippen LogP contribution in [-0.2, 0) is 6.54 Å². The standard InChI is InChI=1S/C29H35N3O/c1-33-29-17-9-8-16-28(29)31-22-20-30(21-23-31)18-10-2-3-11-19-32-26-14-6-4-12-24(26)25-13-5-7-15-27(25)32/h4-9,12-17H,2-3,10-11,18-23H2,1H3. The Morgan fingerprint density at radius 2 is 1.21 bits per heavy atom. The van der Waals surface area contributed by atoms with Gasteiger partial charge in [-0.15, -0.1) is 0 Å². The van der Waals surface area contributed by atoms with Crippen LogP contribution >= 0.6 is 0 Å².